The predicted octanol–water partition coefficient (Wildman–Crippen LogP) is 0.0319. The van der Waals surface area contributed by atoms with Crippen molar-refractivity contribution in [2.75, 3.05) is 13.1 Å². The molecule has 2 saturated heterocycles. The lowest BCUT2D eigenvalue weighted by Gasteiger charge is -2.25. The summed E-state index contributed by atoms with van der Waals surface area (Å²) in [6.07, 6.45) is 0.484. The van der Waals surface area contributed by atoms with Gasteiger partial charge in [0.1, 0.15) is 6.04 Å². The summed E-state index contributed by atoms with van der Waals surface area (Å²) in [6, 6.07) is 9.04. The number of likely N-dealkylation sites (tertiary alicyclic amines) is 1. The first-order valence-corrected chi connectivity index (χ1v) is 7.34. The molecule has 0 aliphatic carbocycles. The van der Waals surface area contributed by atoms with E-state index in [9.17, 15) is 14.7 Å². The van der Waals surface area contributed by atoms with Crippen molar-refractivity contribution in [3.63, 3.8) is 0 Å². The molecule has 7 heteroatoms. The van der Waals surface area contributed by atoms with Crippen LogP contribution in [-0.2, 0) is 9.59 Å². The second-order valence-corrected chi connectivity index (χ2v) is 6.16. The Hall–Kier alpha value is -1.96. The van der Waals surface area contributed by atoms with E-state index in [4.69, 9.17) is 0 Å². The smallest absolute Gasteiger partial charge is 0.311 e. The van der Waals surface area contributed by atoms with Crippen LogP contribution in [0.1, 0.15) is 24.9 Å². The van der Waals surface area contributed by atoms with E-state index in [1.54, 1.807) is 11.8 Å². The van der Waals surface area contributed by atoms with Crippen LogP contribution in [0, 0.1) is 5.41 Å². The van der Waals surface area contributed by atoms with Crippen LogP contribution in [0.4, 0.5) is 0 Å². The van der Waals surface area contributed by atoms with Crippen LogP contribution in [0.5, 0.6) is 0 Å². The number of benzene rings is 1. The average Bonchev–Trinajstić information content (AvgIpc) is 3.15. The number of carboxylic acids is 1. The fraction of sp³-hybridized carbons (Fsp3) is 0.467. The van der Waals surface area contributed by atoms with Crippen molar-refractivity contribution in [2.45, 2.75) is 25.4 Å². The molecule has 7 nitrogen and oxygen atoms in total. The van der Waals surface area contributed by atoms with Gasteiger partial charge in [-0.05, 0) is 18.9 Å². The van der Waals surface area contributed by atoms with E-state index in [1.165, 1.54) is 0 Å². The van der Waals surface area contributed by atoms with Gasteiger partial charge >= 0.3 is 5.97 Å². The number of nitrogens with zero attached hydrogens (tertiary/aromatic N) is 1. The first-order chi connectivity index (χ1) is 10.5. The molecule has 118 valence electrons. The van der Waals surface area contributed by atoms with Crippen molar-refractivity contribution < 1.29 is 14.7 Å². The maximum absolute atomic E-state index is 12.7. The SMILES string of the molecule is CC1(C(=O)O)CCN(C(=O)C2NNNC2c2ccccc2)C1. The Morgan fingerprint density at radius 3 is 2.64 bits per heavy atom. The zero-order valence-corrected chi connectivity index (χ0v) is 12.4. The molecule has 3 rings (SSSR count). The molecule has 0 aromatic heterocycles. The topological polar surface area (TPSA) is 93.7 Å². The van der Waals surface area contributed by atoms with Crippen molar-refractivity contribution in [3.05, 3.63) is 35.9 Å². The molecule has 0 spiro atoms. The molecule has 3 atom stereocenters. The maximum Gasteiger partial charge on any atom is 0.311 e. The second-order valence-electron chi connectivity index (χ2n) is 6.16. The number of hydrogen-bond donors (Lipinski definition) is 4. The number of carbonyl (C=O) groups excluding carboxylic acids is 1. The number of aliphatic carboxylic acids is 1. The lowest BCUT2D eigenvalue weighted by molar-refractivity contribution is -0.147. The number of rotatable bonds is 3. The third-order valence-electron chi connectivity index (χ3n) is 4.51. The van der Waals surface area contributed by atoms with Gasteiger partial charge in [-0.15, -0.1) is 0 Å². The van der Waals surface area contributed by atoms with Gasteiger partial charge in [0.25, 0.3) is 0 Å². The first-order valence-electron chi connectivity index (χ1n) is 7.34. The average molecular weight is 304 g/mol. The van der Waals surface area contributed by atoms with Crippen LogP contribution in [0.15, 0.2) is 30.3 Å². The zero-order valence-electron chi connectivity index (χ0n) is 12.4. The molecule has 0 bridgehead atoms. The summed E-state index contributed by atoms with van der Waals surface area (Å²) in [4.78, 5) is 25.7. The second kappa shape index (κ2) is 5.68. The molecule has 2 heterocycles. The highest BCUT2D eigenvalue weighted by molar-refractivity contribution is 5.85. The number of hydrogen-bond acceptors (Lipinski definition) is 5. The largest absolute Gasteiger partial charge is 0.481 e. The van der Waals surface area contributed by atoms with Gasteiger partial charge in [-0.25, -0.2) is 10.9 Å². The molecular formula is C15H20N4O3. The van der Waals surface area contributed by atoms with Gasteiger partial charge in [-0.2, -0.15) is 5.53 Å². The van der Waals surface area contributed by atoms with Crippen LogP contribution in [0.25, 0.3) is 0 Å². The van der Waals surface area contributed by atoms with Gasteiger partial charge in [0.05, 0.1) is 11.5 Å². The van der Waals surface area contributed by atoms with Crippen molar-refractivity contribution in [2.24, 2.45) is 5.41 Å². The Kier molecular flexibility index (Phi) is 3.86. The van der Waals surface area contributed by atoms with E-state index in [-0.39, 0.29) is 18.5 Å². The predicted molar refractivity (Wildman–Crippen MR) is 79.3 cm³/mol. The monoisotopic (exact) mass is 304 g/mol. The third-order valence-corrected chi connectivity index (χ3v) is 4.51. The van der Waals surface area contributed by atoms with Crippen molar-refractivity contribution in [1.82, 2.24) is 21.3 Å². The van der Waals surface area contributed by atoms with E-state index in [2.05, 4.69) is 16.4 Å². The lowest BCUT2D eigenvalue weighted by atomic mass is 9.90. The molecule has 1 amide bonds. The van der Waals surface area contributed by atoms with Crippen LogP contribution < -0.4 is 16.4 Å². The summed E-state index contributed by atoms with van der Waals surface area (Å²) in [5, 5.41) is 9.29. The van der Waals surface area contributed by atoms with E-state index in [1.807, 2.05) is 30.3 Å². The van der Waals surface area contributed by atoms with Crippen molar-refractivity contribution in [1.29, 1.82) is 0 Å². The minimum Gasteiger partial charge on any atom is -0.481 e. The van der Waals surface area contributed by atoms with E-state index in [0.717, 1.165) is 5.56 Å². The van der Waals surface area contributed by atoms with Crippen LogP contribution >= 0.6 is 0 Å². The normalized spacial score (nSPS) is 31.4. The molecule has 2 aliphatic heterocycles. The zero-order chi connectivity index (χ0) is 15.7. The number of carbonyl (C=O) groups is 2. The summed E-state index contributed by atoms with van der Waals surface area (Å²) in [5.41, 5.74) is 8.94. The van der Waals surface area contributed by atoms with Crippen LogP contribution in [0.2, 0.25) is 0 Å². The number of hydrazine groups is 2. The molecule has 2 aliphatic rings. The van der Waals surface area contributed by atoms with Gasteiger partial charge in [0.2, 0.25) is 5.91 Å². The Labute approximate surface area is 128 Å². The summed E-state index contributed by atoms with van der Waals surface area (Å²) in [6.45, 7) is 2.41. The van der Waals surface area contributed by atoms with Gasteiger partial charge in [0.15, 0.2) is 0 Å². The molecule has 3 unspecified atom stereocenters. The quantitative estimate of drug-likeness (QED) is 0.630. The van der Waals surface area contributed by atoms with Crippen LogP contribution in [-0.4, -0.2) is 41.0 Å². The molecule has 2 fully saturated rings. The molecule has 0 radical (unpaired) electrons. The Morgan fingerprint density at radius 2 is 2.00 bits per heavy atom. The highest BCUT2D eigenvalue weighted by atomic mass is 16.4. The number of amides is 1. The minimum absolute atomic E-state index is 0.0867. The first kappa shape index (κ1) is 15.0. The van der Waals surface area contributed by atoms with Crippen LogP contribution in [0.3, 0.4) is 0 Å². The minimum atomic E-state index is -0.850. The third kappa shape index (κ3) is 2.58. The summed E-state index contributed by atoms with van der Waals surface area (Å²) < 4.78 is 0. The Bertz CT molecular complexity index is 579. The van der Waals surface area contributed by atoms with Crippen molar-refractivity contribution in [3.8, 4) is 0 Å². The Morgan fingerprint density at radius 1 is 1.27 bits per heavy atom. The highest BCUT2D eigenvalue weighted by Gasteiger charge is 2.45. The molecular weight excluding hydrogens is 284 g/mol. The molecule has 1 aromatic rings. The summed E-state index contributed by atoms with van der Waals surface area (Å²) in [5.74, 6) is -0.936. The maximum atomic E-state index is 12.7. The van der Waals surface area contributed by atoms with Gasteiger partial charge in [0, 0.05) is 13.1 Å². The standard InChI is InChI=1S/C15H20N4O3/c1-15(14(21)22)7-8-19(9-15)13(20)12-11(16-18-17-12)10-5-3-2-4-6-10/h2-6,11-12,16-18H,7-9H2,1H3,(H,21,22). The fourth-order valence-electron chi connectivity index (χ4n) is 3.02. The molecule has 4 N–H and O–H groups in total. The van der Waals surface area contributed by atoms with Crippen molar-refractivity contribution >= 4 is 11.9 Å². The number of nitrogens with one attached hydrogen (secondary N) is 3. The molecule has 22 heavy (non-hydrogen) atoms. The fourth-order valence-corrected chi connectivity index (χ4v) is 3.02. The summed E-state index contributed by atoms with van der Waals surface area (Å²) >= 11 is 0. The van der Waals surface area contributed by atoms with Gasteiger partial charge in [-0.3, -0.25) is 9.59 Å². The number of carboxylic acid groups (broad SMARTS) is 1. The van der Waals surface area contributed by atoms with E-state index in [0.29, 0.717) is 13.0 Å². The van der Waals surface area contributed by atoms with Gasteiger partial charge < -0.3 is 10.0 Å². The molecule has 0 saturated carbocycles. The van der Waals surface area contributed by atoms with Gasteiger partial charge in [-0.1, -0.05) is 30.3 Å². The lowest BCUT2D eigenvalue weighted by Crippen LogP contribution is -2.47. The Balaban J connectivity index is 1.74. The highest BCUT2D eigenvalue weighted by Crippen LogP contribution is 2.31. The van der Waals surface area contributed by atoms with E-state index < -0.39 is 17.4 Å². The van der Waals surface area contributed by atoms with E-state index >= 15 is 0 Å². The summed E-state index contributed by atoms with van der Waals surface area (Å²) in [7, 11) is 0. The molecule has 1 aromatic carbocycles.